The third kappa shape index (κ3) is 2.04. The Morgan fingerprint density at radius 1 is 0.950 bits per heavy atom. The van der Waals surface area contributed by atoms with E-state index in [0.717, 1.165) is 6.42 Å². The molecule has 0 radical (unpaired) electrons. The van der Waals surface area contributed by atoms with Gasteiger partial charge in [0.05, 0.1) is 0 Å². The van der Waals surface area contributed by atoms with Crippen LogP contribution in [-0.2, 0) is 27.7 Å². The molecule has 2 aliphatic rings. The number of benzene rings is 1. The molecule has 1 unspecified atom stereocenters. The van der Waals surface area contributed by atoms with Gasteiger partial charge in [0.2, 0.25) is 0 Å². The van der Waals surface area contributed by atoms with Gasteiger partial charge in [0.15, 0.2) is 0 Å². The molecule has 0 amide bonds. The molecule has 3 nitrogen and oxygen atoms in total. The second-order valence-electron chi connectivity index (χ2n) is 5.45. The van der Waals surface area contributed by atoms with Gasteiger partial charge < -0.3 is 0 Å². The Labute approximate surface area is 125 Å². The molecule has 1 aromatic rings. The van der Waals surface area contributed by atoms with Crippen LogP contribution in [0, 0.1) is 0 Å². The van der Waals surface area contributed by atoms with Crippen LogP contribution in [0.3, 0.4) is 0 Å². The zero-order valence-corrected chi connectivity index (χ0v) is 14.0. The molecule has 0 aromatic heterocycles. The molecular formula is C16H22O3Ti. The van der Waals surface area contributed by atoms with E-state index >= 15 is 0 Å². The van der Waals surface area contributed by atoms with Gasteiger partial charge in [0.25, 0.3) is 0 Å². The monoisotopic (exact) mass is 310 g/mol. The predicted octanol–water partition coefficient (Wildman–Crippen LogP) is 3.91. The van der Waals surface area contributed by atoms with E-state index in [1.54, 1.807) is 21.3 Å². The van der Waals surface area contributed by atoms with Gasteiger partial charge in [-0.25, -0.2) is 0 Å². The maximum absolute atomic E-state index is 5.83. The van der Waals surface area contributed by atoms with E-state index < -0.39 is 17.8 Å². The first-order chi connectivity index (χ1) is 9.77. The maximum atomic E-state index is 5.83. The van der Waals surface area contributed by atoms with Crippen molar-refractivity contribution >= 4 is 5.57 Å². The van der Waals surface area contributed by atoms with Crippen LogP contribution in [0.2, 0.25) is 0 Å². The van der Waals surface area contributed by atoms with Crippen molar-refractivity contribution in [2.75, 3.05) is 21.3 Å². The average molecular weight is 310 g/mol. The van der Waals surface area contributed by atoms with Gasteiger partial charge in [-0.05, 0) is 0 Å². The number of rotatable bonds is 4. The van der Waals surface area contributed by atoms with E-state index in [0.29, 0.717) is 0 Å². The summed E-state index contributed by atoms with van der Waals surface area (Å²) in [6.45, 7) is 0. The second kappa shape index (κ2) is 5.74. The summed E-state index contributed by atoms with van der Waals surface area (Å²) in [5, 5.41) is 0. The van der Waals surface area contributed by atoms with Gasteiger partial charge in [0.1, 0.15) is 0 Å². The van der Waals surface area contributed by atoms with Crippen LogP contribution in [0.25, 0.3) is 5.57 Å². The van der Waals surface area contributed by atoms with Crippen molar-refractivity contribution in [1.82, 2.24) is 0 Å². The SMILES string of the molecule is C[O][Ti]([O]C)([O]C)[CH]1C2=C(CCCC2)c2ccccc21. The fraction of sp³-hybridized carbons (Fsp3) is 0.500. The summed E-state index contributed by atoms with van der Waals surface area (Å²) < 4.78 is 17.7. The molecule has 3 rings (SSSR count). The zero-order chi connectivity index (χ0) is 14.2. The van der Waals surface area contributed by atoms with Gasteiger partial charge in [-0.15, -0.1) is 0 Å². The third-order valence-corrected chi connectivity index (χ3v) is 9.46. The minimum absolute atomic E-state index is 0.224. The molecule has 108 valence electrons. The fourth-order valence-electron chi connectivity index (χ4n) is 3.77. The van der Waals surface area contributed by atoms with Crippen LogP contribution in [0.4, 0.5) is 0 Å². The Hall–Kier alpha value is -0.446. The van der Waals surface area contributed by atoms with Crippen molar-refractivity contribution in [3.8, 4) is 0 Å². The van der Waals surface area contributed by atoms with E-state index in [-0.39, 0.29) is 4.22 Å². The number of allylic oxidation sites excluding steroid dienone is 2. The first kappa shape index (κ1) is 14.5. The van der Waals surface area contributed by atoms with E-state index in [1.807, 2.05) is 0 Å². The Morgan fingerprint density at radius 3 is 2.30 bits per heavy atom. The van der Waals surface area contributed by atoms with Crippen LogP contribution in [0.15, 0.2) is 29.8 Å². The van der Waals surface area contributed by atoms with E-state index in [4.69, 9.17) is 9.96 Å². The molecule has 4 heteroatoms. The van der Waals surface area contributed by atoms with Crippen molar-refractivity contribution in [2.45, 2.75) is 29.9 Å². The number of hydrogen-bond donors (Lipinski definition) is 0. The normalized spacial score (nSPS) is 21.9. The minimum atomic E-state index is -3.29. The Bertz CT molecular complexity index is 526. The zero-order valence-electron chi connectivity index (χ0n) is 12.4. The average Bonchev–Trinajstić information content (AvgIpc) is 2.86. The summed E-state index contributed by atoms with van der Waals surface area (Å²) in [4.78, 5) is 0. The molecule has 0 bridgehead atoms. The molecule has 0 saturated heterocycles. The van der Waals surface area contributed by atoms with Crippen molar-refractivity contribution in [1.29, 1.82) is 0 Å². The molecule has 0 heterocycles. The molecule has 1 atom stereocenters. The van der Waals surface area contributed by atoms with Gasteiger partial charge in [-0.3, -0.25) is 0 Å². The van der Waals surface area contributed by atoms with Gasteiger partial charge in [-0.1, -0.05) is 0 Å². The summed E-state index contributed by atoms with van der Waals surface area (Å²) in [5.74, 6) is 0. The molecule has 20 heavy (non-hydrogen) atoms. The Morgan fingerprint density at radius 2 is 1.60 bits per heavy atom. The van der Waals surface area contributed by atoms with Crippen LogP contribution in [0.1, 0.15) is 41.0 Å². The standard InChI is InChI=1S/C13H13.3CH3O.Ti/c1-3-7-12-10(5-1)9-11-6-2-4-8-13(11)12;3*1-2;/h1,3,5,7,9H,2,4,6,8H2;3*1H3;/q;3*-1;+3. The molecule has 0 N–H and O–H groups in total. The van der Waals surface area contributed by atoms with Gasteiger partial charge >= 0.3 is 125 Å². The number of fused-ring (bicyclic) bond motifs is 2. The second-order valence-corrected chi connectivity index (χ2v) is 10.1. The van der Waals surface area contributed by atoms with Gasteiger partial charge in [0, 0.05) is 0 Å². The number of hydrogen-bond acceptors (Lipinski definition) is 3. The van der Waals surface area contributed by atoms with Crippen molar-refractivity contribution in [2.24, 2.45) is 0 Å². The quantitative estimate of drug-likeness (QED) is 0.789. The van der Waals surface area contributed by atoms with Crippen LogP contribution in [-0.4, -0.2) is 21.3 Å². The predicted molar refractivity (Wildman–Crippen MR) is 75.6 cm³/mol. The molecule has 0 saturated carbocycles. The van der Waals surface area contributed by atoms with Gasteiger partial charge in [-0.2, -0.15) is 0 Å². The molecule has 0 fully saturated rings. The molecule has 2 aliphatic carbocycles. The Balaban J connectivity index is 2.16. The Kier molecular flexibility index (Phi) is 4.16. The van der Waals surface area contributed by atoms with E-state index in [9.17, 15) is 0 Å². The van der Waals surface area contributed by atoms with Crippen molar-refractivity contribution in [3.05, 3.63) is 41.0 Å². The summed E-state index contributed by atoms with van der Waals surface area (Å²) >= 11 is -3.29. The first-order valence-corrected chi connectivity index (χ1v) is 10.1. The third-order valence-electron chi connectivity index (χ3n) is 4.66. The summed E-state index contributed by atoms with van der Waals surface area (Å²) in [6.07, 6.45) is 4.88. The van der Waals surface area contributed by atoms with Crippen LogP contribution in [0.5, 0.6) is 0 Å². The molecule has 0 aliphatic heterocycles. The molecular weight excluding hydrogens is 288 g/mol. The van der Waals surface area contributed by atoms with E-state index in [2.05, 4.69) is 24.3 Å². The molecule has 0 spiro atoms. The van der Waals surface area contributed by atoms with E-state index in [1.165, 1.54) is 41.5 Å². The summed E-state index contributed by atoms with van der Waals surface area (Å²) in [7, 11) is 5.20. The van der Waals surface area contributed by atoms with Crippen molar-refractivity contribution in [3.63, 3.8) is 0 Å². The summed E-state index contributed by atoms with van der Waals surface area (Å²) in [5.41, 5.74) is 5.79. The summed E-state index contributed by atoms with van der Waals surface area (Å²) in [6, 6.07) is 8.69. The van der Waals surface area contributed by atoms with Crippen molar-refractivity contribution < 1.29 is 27.7 Å². The topological polar surface area (TPSA) is 27.7 Å². The van der Waals surface area contributed by atoms with Crippen LogP contribution < -0.4 is 0 Å². The van der Waals surface area contributed by atoms with Crippen LogP contribution >= 0.6 is 0 Å². The molecule has 1 aromatic carbocycles. The fourth-order valence-corrected chi connectivity index (χ4v) is 7.81. The first-order valence-electron chi connectivity index (χ1n) is 7.24.